The summed E-state index contributed by atoms with van der Waals surface area (Å²) in [6.45, 7) is 0.406. The van der Waals surface area contributed by atoms with Crippen LogP contribution >= 0.6 is 0 Å². The fraction of sp³-hybridized carbons (Fsp3) is 0.130. The lowest BCUT2D eigenvalue weighted by Gasteiger charge is -2.17. The fourth-order valence-corrected chi connectivity index (χ4v) is 2.53. The van der Waals surface area contributed by atoms with E-state index in [0.717, 1.165) is 11.3 Å². The summed E-state index contributed by atoms with van der Waals surface area (Å²) in [7, 11) is 1.72. The van der Waals surface area contributed by atoms with Crippen LogP contribution in [-0.4, -0.2) is 24.5 Å². The summed E-state index contributed by atoms with van der Waals surface area (Å²) in [5.74, 6) is 1.92. The van der Waals surface area contributed by atoms with Crippen molar-refractivity contribution in [2.45, 2.75) is 6.54 Å². The lowest BCUT2D eigenvalue weighted by Crippen LogP contribution is -2.30. The van der Waals surface area contributed by atoms with Crippen molar-refractivity contribution in [2.24, 2.45) is 0 Å². The number of rotatable bonds is 7. The Balaban J connectivity index is 1.48. The largest absolute Gasteiger partial charge is 0.484 e. The summed E-state index contributed by atoms with van der Waals surface area (Å²) in [5, 5.41) is 8.83. The van der Waals surface area contributed by atoms with E-state index < -0.39 is 0 Å². The molecule has 0 fully saturated rings. The topological polar surface area (TPSA) is 62.6 Å². The molecule has 1 amide bonds. The van der Waals surface area contributed by atoms with Gasteiger partial charge < -0.3 is 14.4 Å². The van der Waals surface area contributed by atoms with Gasteiger partial charge in [0.2, 0.25) is 0 Å². The second-order valence-electron chi connectivity index (χ2n) is 6.23. The molecule has 0 unspecified atom stereocenters. The molecule has 3 aromatic rings. The molecule has 0 saturated carbocycles. The molecule has 0 atom stereocenters. The van der Waals surface area contributed by atoms with Gasteiger partial charge in [-0.1, -0.05) is 30.3 Å². The smallest absolute Gasteiger partial charge is 0.260 e. The highest BCUT2D eigenvalue weighted by molar-refractivity contribution is 5.77. The average molecular weight is 372 g/mol. The number of para-hydroxylation sites is 1. The van der Waals surface area contributed by atoms with Gasteiger partial charge >= 0.3 is 0 Å². The highest BCUT2D eigenvalue weighted by atomic mass is 16.5. The zero-order chi connectivity index (χ0) is 19.8. The molecule has 5 heteroatoms. The van der Waals surface area contributed by atoms with Gasteiger partial charge in [0.15, 0.2) is 6.61 Å². The first-order valence-corrected chi connectivity index (χ1v) is 8.83. The molecule has 5 nitrogen and oxygen atoms in total. The van der Waals surface area contributed by atoms with Crippen LogP contribution in [0.4, 0.5) is 0 Å². The van der Waals surface area contributed by atoms with Gasteiger partial charge in [-0.15, -0.1) is 0 Å². The summed E-state index contributed by atoms with van der Waals surface area (Å²) < 4.78 is 11.3. The summed E-state index contributed by atoms with van der Waals surface area (Å²) in [4.78, 5) is 13.9. The minimum Gasteiger partial charge on any atom is -0.484 e. The van der Waals surface area contributed by atoms with Crippen LogP contribution in [0, 0.1) is 11.3 Å². The maximum Gasteiger partial charge on any atom is 0.260 e. The first-order valence-electron chi connectivity index (χ1n) is 8.83. The van der Waals surface area contributed by atoms with Gasteiger partial charge in [0.1, 0.15) is 17.2 Å². The van der Waals surface area contributed by atoms with Crippen molar-refractivity contribution in [2.75, 3.05) is 13.7 Å². The number of likely N-dealkylation sites (N-methyl/N-ethyl adjacent to an activating group) is 1. The molecule has 0 bridgehead atoms. The van der Waals surface area contributed by atoms with Crippen LogP contribution in [0.2, 0.25) is 0 Å². The quantitative estimate of drug-likeness (QED) is 0.617. The summed E-state index contributed by atoms with van der Waals surface area (Å²) in [6, 6.07) is 25.9. The Labute approximate surface area is 164 Å². The summed E-state index contributed by atoms with van der Waals surface area (Å²) >= 11 is 0. The minimum absolute atomic E-state index is 0.0499. The molecule has 0 heterocycles. The fourth-order valence-electron chi connectivity index (χ4n) is 2.53. The Morgan fingerprint density at radius 2 is 1.50 bits per heavy atom. The second-order valence-corrected chi connectivity index (χ2v) is 6.23. The highest BCUT2D eigenvalue weighted by Gasteiger charge is 2.10. The van der Waals surface area contributed by atoms with Crippen molar-refractivity contribution >= 4 is 5.91 Å². The maximum absolute atomic E-state index is 12.3. The monoisotopic (exact) mass is 372 g/mol. The van der Waals surface area contributed by atoms with E-state index in [-0.39, 0.29) is 12.5 Å². The minimum atomic E-state index is -0.131. The van der Waals surface area contributed by atoms with Crippen LogP contribution in [0.15, 0.2) is 78.9 Å². The Morgan fingerprint density at radius 1 is 0.893 bits per heavy atom. The third-order valence-electron chi connectivity index (χ3n) is 4.09. The molecular formula is C23H20N2O3. The first kappa shape index (κ1) is 19.0. The third kappa shape index (κ3) is 5.36. The van der Waals surface area contributed by atoms with E-state index in [0.29, 0.717) is 23.6 Å². The number of amides is 1. The van der Waals surface area contributed by atoms with Crippen LogP contribution in [0.5, 0.6) is 17.2 Å². The van der Waals surface area contributed by atoms with Crippen LogP contribution in [0.1, 0.15) is 11.1 Å². The van der Waals surface area contributed by atoms with Crippen LogP contribution in [-0.2, 0) is 11.3 Å². The molecule has 28 heavy (non-hydrogen) atoms. The van der Waals surface area contributed by atoms with Crippen molar-refractivity contribution in [1.82, 2.24) is 4.90 Å². The molecule has 0 aromatic heterocycles. The van der Waals surface area contributed by atoms with E-state index in [1.165, 1.54) is 0 Å². The van der Waals surface area contributed by atoms with Crippen molar-refractivity contribution < 1.29 is 14.3 Å². The molecule has 0 radical (unpaired) electrons. The van der Waals surface area contributed by atoms with Crippen molar-refractivity contribution in [1.29, 1.82) is 5.26 Å². The van der Waals surface area contributed by atoms with Crippen LogP contribution in [0.3, 0.4) is 0 Å². The zero-order valence-electron chi connectivity index (χ0n) is 15.5. The highest BCUT2D eigenvalue weighted by Crippen LogP contribution is 2.23. The van der Waals surface area contributed by atoms with Gasteiger partial charge in [0.05, 0.1) is 11.6 Å². The van der Waals surface area contributed by atoms with Crippen LogP contribution in [0.25, 0.3) is 0 Å². The van der Waals surface area contributed by atoms with E-state index >= 15 is 0 Å². The standard InChI is InChI=1S/C23H20N2O3/c1-25(16-19-9-7-18(15-24)8-10-19)23(26)17-27-20-11-13-22(14-12-20)28-21-5-3-2-4-6-21/h2-14H,16-17H2,1H3. The molecule has 0 aliphatic carbocycles. The predicted molar refractivity (Wildman–Crippen MR) is 106 cm³/mol. The van der Waals surface area contributed by atoms with Gasteiger partial charge in [0.25, 0.3) is 5.91 Å². The zero-order valence-corrected chi connectivity index (χ0v) is 15.5. The molecule has 0 aliphatic rings. The van der Waals surface area contributed by atoms with E-state index in [4.69, 9.17) is 14.7 Å². The number of carbonyl (C=O) groups excluding carboxylic acids is 1. The van der Waals surface area contributed by atoms with Crippen LogP contribution < -0.4 is 9.47 Å². The molecule has 3 rings (SSSR count). The van der Waals surface area contributed by atoms with E-state index in [2.05, 4.69) is 6.07 Å². The lowest BCUT2D eigenvalue weighted by molar-refractivity contribution is -0.132. The van der Waals surface area contributed by atoms with Gasteiger partial charge in [-0.2, -0.15) is 5.26 Å². The second kappa shape index (κ2) is 9.24. The number of nitriles is 1. The molecular weight excluding hydrogens is 352 g/mol. The number of hydrogen-bond acceptors (Lipinski definition) is 4. The summed E-state index contributed by atoms with van der Waals surface area (Å²) in [6.07, 6.45) is 0. The van der Waals surface area contributed by atoms with Gasteiger partial charge in [0, 0.05) is 13.6 Å². The maximum atomic E-state index is 12.3. The summed E-state index contributed by atoms with van der Waals surface area (Å²) in [5.41, 5.74) is 1.55. The van der Waals surface area contributed by atoms with E-state index in [1.807, 2.05) is 42.5 Å². The Kier molecular flexibility index (Phi) is 6.27. The van der Waals surface area contributed by atoms with Crippen molar-refractivity contribution in [3.63, 3.8) is 0 Å². The van der Waals surface area contributed by atoms with E-state index in [9.17, 15) is 4.79 Å². The third-order valence-corrected chi connectivity index (χ3v) is 4.09. The average Bonchev–Trinajstić information content (AvgIpc) is 2.74. The molecule has 3 aromatic carbocycles. The van der Waals surface area contributed by atoms with E-state index in [1.54, 1.807) is 48.3 Å². The van der Waals surface area contributed by atoms with Gasteiger partial charge in [-0.05, 0) is 54.1 Å². The molecule has 0 saturated heterocycles. The van der Waals surface area contributed by atoms with Crippen molar-refractivity contribution in [3.8, 4) is 23.3 Å². The van der Waals surface area contributed by atoms with Crippen molar-refractivity contribution in [3.05, 3.63) is 90.0 Å². The van der Waals surface area contributed by atoms with Gasteiger partial charge in [-0.3, -0.25) is 4.79 Å². The lowest BCUT2D eigenvalue weighted by atomic mass is 10.1. The Bertz CT molecular complexity index is 946. The Morgan fingerprint density at radius 3 is 2.14 bits per heavy atom. The number of ether oxygens (including phenoxy) is 2. The van der Waals surface area contributed by atoms with Gasteiger partial charge in [-0.25, -0.2) is 0 Å². The predicted octanol–water partition coefficient (Wildman–Crippen LogP) is 4.39. The molecule has 140 valence electrons. The Hall–Kier alpha value is -3.78. The number of hydrogen-bond donors (Lipinski definition) is 0. The molecule has 0 aliphatic heterocycles. The number of benzene rings is 3. The first-order chi connectivity index (χ1) is 13.6. The number of nitrogens with zero attached hydrogens (tertiary/aromatic N) is 2. The SMILES string of the molecule is CN(Cc1ccc(C#N)cc1)C(=O)COc1ccc(Oc2ccccc2)cc1. The normalized spacial score (nSPS) is 10.0. The molecule has 0 spiro atoms. The number of carbonyl (C=O) groups is 1. The molecule has 0 N–H and O–H groups in total.